The fourth-order valence-electron chi connectivity index (χ4n) is 6.51. The van der Waals surface area contributed by atoms with Gasteiger partial charge in [-0.25, -0.2) is 4.79 Å². The molecule has 0 N–H and O–H groups in total. The fourth-order valence-corrected chi connectivity index (χ4v) is 6.51. The van der Waals surface area contributed by atoms with Crippen LogP contribution in [0.2, 0.25) is 0 Å². The number of esters is 1. The van der Waals surface area contributed by atoms with E-state index in [2.05, 4.69) is 29.2 Å². The van der Waals surface area contributed by atoms with Crippen molar-refractivity contribution >= 4 is 17.3 Å². The zero-order chi connectivity index (χ0) is 22.7. The number of nitro benzene ring substituents is 1. The summed E-state index contributed by atoms with van der Waals surface area (Å²) >= 11 is 0. The van der Waals surface area contributed by atoms with Gasteiger partial charge in [-0.1, -0.05) is 36.4 Å². The van der Waals surface area contributed by atoms with Crippen LogP contribution in [-0.2, 0) is 4.74 Å². The summed E-state index contributed by atoms with van der Waals surface area (Å²) in [4.78, 5) is 26.4. The number of nitro groups is 1. The van der Waals surface area contributed by atoms with Crippen LogP contribution in [-0.4, -0.2) is 24.0 Å². The summed E-state index contributed by atoms with van der Waals surface area (Å²) in [5.41, 5.74) is 5.35. The second-order valence-corrected chi connectivity index (χ2v) is 9.48. The number of carbonyl (C=O) groups is 1. The van der Waals surface area contributed by atoms with Crippen molar-refractivity contribution in [1.82, 2.24) is 0 Å². The number of ether oxygens (including phenoxy) is 1. The number of nitrogens with zero attached hydrogens (tertiary/aromatic N) is 2. The lowest BCUT2D eigenvalue weighted by Gasteiger charge is -2.51. The van der Waals surface area contributed by atoms with Gasteiger partial charge in [-0.15, -0.1) is 0 Å². The van der Waals surface area contributed by atoms with Crippen LogP contribution < -0.4 is 4.90 Å². The van der Waals surface area contributed by atoms with E-state index in [1.807, 2.05) is 25.1 Å². The second kappa shape index (κ2) is 7.58. The molecule has 2 aliphatic carbocycles. The number of anilines is 1. The van der Waals surface area contributed by atoms with Crippen molar-refractivity contribution < 1.29 is 14.5 Å². The van der Waals surface area contributed by atoms with Gasteiger partial charge in [-0.2, -0.15) is 0 Å². The molecule has 2 aromatic rings. The molecule has 0 unspecified atom stereocenters. The Morgan fingerprint density at radius 2 is 1.88 bits per heavy atom. The second-order valence-electron chi connectivity index (χ2n) is 9.48. The third kappa shape index (κ3) is 3.04. The Bertz CT molecular complexity index is 1200. The van der Waals surface area contributed by atoms with Crippen LogP contribution in [0.5, 0.6) is 0 Å². The van der Waals surface area contributed by atoms with Crippen molar-refractivity contribution in [2.75, 3.05) is 18.1 Å². The van der Waals surface area contributed by atoms with Crippen molar-refractivity contribution in [1.29, 1.82) is 0 Å². The summed E-state index contributed by atoms with van der Waals surface area (Å²) in [6, 6.07) is 11.3. The summed E-state index contributed by atoms with van der Waals surface area (Å²) in [5.74, 6) is 0.907. The molecule has 2 aromatic carbocycles. The minimum Gasteiger partial charge on any atom is -0.462 e. The largest absolute Gasteiger partial charge is 0.462 e. The maximum absolute atomic E-state index is 12.7. The van der Waals surface area contributed by atoms with Crippen molar-refractivity contribution in [3.8, 4) is 0 Å². The maximum atomic E-state index is 12.7. The molecule has 0 bridgehead atoms. The number of non-ortho nitro benzene ring substituents is 1. The minimum atomic E-state index is -0.311. The van der Waals surface area contributed by atoms with Gasteiger partial charge < -0.3 is 9.64 Å². The summed E-state index contributed by atoms with van der Waals surface area (Å²) in [7, 11) is 0. The molecule has 0 saturated carbocycles. The van der Waals surface area contributed by atoms with Gasteiger partial charge in [0.2, 0.25) is 0 Å². The van der Waals surface area contributed by atoms with Gasteiger partial charge in [-0.05, 0) is 60.4 Å². The molecule has 2 aliphatic heterocycles. The van der Waals surface area contributed by atoms with Gasteiger partial charge in [0.1, 0.15) is 0 Å². The molecule has 2 heterocycles. The van der Waals surface area contributed by atoms with Crippen LogP contribution in [0.25, 0.3) is 0 Å². The molecule has 0 amide bonds. The van der Waals surface area contributed by atoms with E-state index in [1.165, 1.54) is 16.8 Å². The monoisotopic (exact) mass is 442 g/mol. The number of rotatable bonds is 4. The van der Waals surface area contributed by atoms with E-state index >= 15 is 0 Å². The molecule has 0 saturated heterocycles. The molecule has 6 heteroatoms. The molecular weight excluding hydrogens is 416 g/mol. The number of benzene rings is 2. The number of carbonyl (C=O) groups excluding carboxylic acids is 1. The van der Waals surface area contributed by atoms with Crippen LogP contribution in [0, 0.1) is 22.0 Å². The number of fused-ring (bicyclic) bond motifs is 4. The lowest BCUT2D eigenvalue weighted by Crippen LogP contribution is -2.46. The molecule has 0 aromatic heterocycles. The molecule has 5 atom stereocenters. The highest BCUT2D eigenvalue weighted by Gasteiger charge is 2.48. The highest BCUT2D eigenvalue weighted by atomic mass is 16.6. The number of hydrogen-bond acceptors (Lipinski definition) is 5. The van der Waals surface area contributed by atoms with Gasteiger partial charge >= 0.3 is 5.97 Å². The summed E-state index contributed by atoms with van der Waals surface area (Å²) in [5, 5.41) is 11.5. The molecule has 6 rings (SSSR count). The van der Waals surface area contributed by atoms with Gasteiger partial charge in [0.25, 0.3) is 5.69 Å². The SMILES string of the molecule is CCOC(=O)c1cc2c3c(c1)[C@@H]1C=CC[C@@H]1[C@H](c1cccc([N+](=O)[O-])c1)N3C[C@H]1CC=C[C@@H]21. The van der Waals surface area contributed by atoms with Crippen LogP contribution in [0.4, 0.5) is 11.4 Å². The average molecular weight is 443 g/mol. The Kier molecular flexibility index (Phi) is 4.64. The van der Waals surface area contributed by atoms with Gasteiger partial charge in [0.05, 0.1) is 23.1 Å². The molecule has 6 nitrogen and oxygen atoms in total. The zero-order valence-electron chi connectivity index (χ0n) is 18.5. The molecule has 0 radical (unpaired) electrons. The summed E-state index contributed by atoms with van der Waals surface area (Å²) < 4.78 is 5.36. The predicted octanol–water partition coefficient (Wildman–Crippen LogP) is 5.67. The number of allylic oxidation sites excluding steroid dienone is 4. The quantitative estimate of drug-likeness (QED) is 0.264. The first-order chi connectivity index (χ1) is 16.1. The first-order valence-corrected chi connectivity index (χ1v) is 11.8. The first kappa shape index (κ1) is 20.2. The van der Waals surface area contributed by atoms with E-state index < -0.39 is 0 Å². The van der Waals surface area contributed by atoms with Crippen LogP contribution in [0.15, 0.2) is 60.7 Å². The van der Waals surface area contributed by atoms with E-state index in [-0.39, 0.29) is 40.4 Å². The van der Waals surface area contributed by atoms with E-state index in [0.29, 0.717) is 18.1 Å². The minimum absolute atomic E-state index is 0.0612. The highest BCUT2D eigenvalue weighted by Crippen LogP contribution is 2.59. The Morgan fingerprint density at radius 1 is 1.12 bits per heavy atom. The van der Waals surface area contributed by atoms with Crippen molar-refractivity contribution in [2.45, 2.75) is 37.6 Å². The zero-order valence-corrected chi connectivity index (χ0v) is 18.5. The van der Waals surface area contributed by atoms with Crippen molar-refractivity contribution in [3.05, 3.63) is 93.1 Å². The molecular formula is C27H26N2O4. The maximum Gasteiger partial charge on any atom is 0.338 e. The van der Waals surface area contributed by atoms with Crippen molar-refractivity contribution in [2.24, 2.45) is 11.8 Å². The normalized spacial score (nSPS) is 28.3. The molecule has 168 valence electrons. The van der Waals surface area contributed by atoms with Crippen molar-refractivity contribution in [3.63, 3.8) is 0 Å². The van der Waals surface area contributed by atoms with E-state index in [1.54, 1.807) is 18.2 Å². The van der Waals surface area contributed by atoms with Crippen LogP contribution >= 0.6 is 0 Å². The van der Waals surface area contributed by atoms with E-state index in [9.17, 15) is 14.9 Å². The standard InChI is InChI=1S/C27H26N2O4/c1-2-33-27(30)18-13-23-20-9-4-7-17(20)15-28-25(16-6-3-8-19(12-16)29(31)32)22-11-5-10-21(22)24(14-18)26(23)28/h3-6,8-10,12-14,17,20-22,25H,2,7,11,15H2,1H3/t17-,20-,21-,22+,25+/m1/s1. The molecule has 0 fully saturated rings. The Balaban J connectivity index is 1.55. The lowest BCUT2D eigenvalue weighted by molar-refractivity contribution is -0.384. The third-order valence-electron chi connectivity index (χ3n) is 7.78. The smallest absolute Gasteiger partial charge is 0.338 e. The number of hydrogen-bond donors (Lipinski definition) is 0. The predicted molar refractivity (Wildman–Crippen MR) is 126 cm³/mol. The molecule has 33 heavy (non-hydrogen) atoms. The molecule has 0 spiro atoms. The topological polar surface area (TPSA) is 72.7 Å². The third-order valence-corrected chi connectivity index (χ3v) is 7.78. The van der Waals surface area contributed by atoms with Gasteiger partial charge in [0.15, 0.2) is 0 Å². The van der Waals surface area contributed by atoms with Crippen LogP contribution in [0.1, 0.15) is 64.7 Å². The Morgan fingerprint density at radius 3 is 2.67 bits per heavy atom. The van der Waals surface area contributed by atoms with Gasteiger partial charge in [0, 0.05) is 36.2 Å². The van der Waals surface area contributed by atoms with Crippen LogP contribution in [0.3, 0.4) is 0 Å². The Hall–Kier alpha value is -3.41. The molecule has 4 aliphatic rings. The Labute approximate surface area is 192 Å². The highest BCUT2D eigenvalue weighted by molar-refractivity contribution is 5.92. The van der Waals surface area contributed by atoms with E-state index in [4.69, 9.17) is 4.74 Å². The first-order valence-electron chi connectivity index (χ1n) is 11.8. The van der Waals surface area contributed by atoms with Gasteiger partial charge in [-0.3, -0.25) is 10.1 Å². The lowest BCUT2D eigenvalue weighted by atomic mass is 9.70. The van der Waals surface area contributed by atoms with E-state index in [0.717, 1.165) is 24.9 Å². The fraction of sp³-hybridized carbons (Fsp3) is 0.370. The summed E-state index contributed by atoms with van der Waals surface area (Å²) in [6.45, 7) is 3.09. The summed E-state index contributed by atoms with van der Waals surface area (Å²) in [6.07, 6.45) is 10.9. The average Bonchev–Trinajstić information content (AvgIpc) is 3.49.